The third kappa shape index (κ3) is 6.04. The predicted molar refractivity (Wildman–Crippen MR) is 82.1 cm³/mol. The zero-order valence-corrected chi connectivity index (χ0v) is 13.3. The number of sulfone groups is 1. The van der Waals surface area contributed by atoms with E-state index < -0.39 is 9.84 Å². The molecule has 0 unspecified atom stereocenters. The summed E-state index contributed by atoms with van der Waals surface area (Å²) in [5.41, 5.74) is 0.773. The molecule has 0 heterocycles. The van der Waals surface area contributed by atoms with Gasteiger partial charge in [0, 0.05) is 0 Å². The first kappa shape index (κ1) is 17.2. The third-order valence-corrected chi connectivity index (χ3v) is 5.85. The Balaban J connectivity index is 2.10. The topological polar surface area (TPSA) is 34.1 Å². The Morgan fingerprint density at radius 3 is 2.25 bits per heavy atom. The van der Waals surface area contributed by atoms with E-state index >= 15 is 0 Å². The van der Waals surface area contributed by atoms with Crippen molar-refractivity contribution < 1.29 is 12.8 Å². The second kappa shape index (κ2) is 8.40. The second-order valence-electron chi connectivity index (χ2n) is 5.52. The molecular formula is C16H25FO2S. The van der Waals surface area contributed by atoms with Gasteiger partial charge >= 0.3 is 0 Å². The van der Waals surface area contributed by atoms with Crippen molar-refractivity contribution in [1.29, 1.82) is 0 Å². The van der Waals surface area contributed by atoms with Crippen molar-refractivity contribution in [2.24, 2.45) is 0 Å². The van der Waals surface area contributed by atoms with Gasteiger partial charge in [0.1, 0.15) is 5.82 Å². The van der Waals surface area contributed by atoms with Crippen molar-refractivity contribution >= 4 is 9.84 Å². The molecule has 0 saturated carbocycles. The third-order valence-electron chi connectivity index (χ3n) is 3.55. The van der Waals surface area contributed by atoms with Crippen LogP contribution in [-0.2, 0) is 16.3 Å². The fourth-order valence-corrected chi connectivity index (χ4v) is 3.16. The van der Waals surface area contributed by atoms with E-state index in [1.807, 2.05) is 12.1 Å². The summed E-state index contributed by atoms with van der Waals surface area (Å²) in [6, 6.07) is 6.87. The molecule has 20 heavy (non-hydrogen) atoms. The molecule has 4 heteroatoms. The normalized spacial score (nSPS) is 12.0. The monoisotopic (exact) mass is 300 g/mol. The van der Waals surface area contributed by atoms with Gasteiger partial charge in [0.15, 0.2) is 9.84 Å². The first-order valence-electron chi connectivity index (χ1n) is 7.38. The minimum atomic E-state index is -2.89. The summed E-state index contributed by atoms with van der Waals surface area (Å²) < 4.78 is 36.6. The average Bonchev–Trinajstić information content (AvgIpc) is 2.39. The zero-order chi connectivity index (χ0) is 15.0. The maximum absolute atomic E-state index is 13.4. The fourth-order valence-electron chi connectivity index (χ4n) is 2.09. The van der Waals surface area contributed by atoms with E-state index in [0.29, 0.717) is 0 Å². The van der Waals surface area contributed by atoms with E-state index in [1.165, 1.54) is 6.07 Å². The zero-order valence-electron chi connectivity index (χ0n) is 12.4. The Hall–Kier alpha value is -0.900. The van der Waals surface area contributed by atoms with Gasteiger partial charge in [0.2, 0.25) is 0 Å². The van der Waals surface area contributed by atoms with Crippen LogP contribution in [0.15, 0.2) is 24.3 Å². The lowest BCUT2D eigenvalue weighted by Crippen LogP contribution is -2.17. The van der Waals surface area contributed by atoms with Crippen LogP contribution in [-0.4, -0.2) is 19.4 Å². The number of hydrogen-bond donors (Lipinski definition) is 0. The van der Waals surface area contributed by atoms with Gasteiger partial charge in [-0.25, -0.2) is 12.8 Å². The number of halogens is 1. The van der Waals surface area contributed by atoms with Crippen molar-refractivity contribution in [2.75, 3.05) is 5.75 Å². The Labute approximate surface area is 122 Å². The summed E-state index contributed by atoms with van der Waals surface area (Å²) >= 11 is 0. The van der Waals surface area contributed by atoms with Crippen LogP contribution < -0.4 is 0 Å². The maximum atomic E-state index is 13.4. The summed E-state index contributed by atoms with van der Waals surface area (Å²) in [5, 5.41) is -0.274. The predicted octanol–water partition coefficient (Wildman–Crippen LogP) is 4.14. The highest BCUT2D eigenvalue weighted by Gasteiger charge is 2.14. The number of hydrogen-bond acceptors (Lipinski definition) is 2. The lowest BCUT2D eigenvalue weighted by atomic mass is 10.1. The molecule has 114 valence electrons. The SMILES string of the molecule is CC(C)S(=O)(=O)CCCCCCCc1ccccc1F. The second-order valence-corrected chi connectivity index (χ2v) is 8.20. The minimum Gasteiger partial charge on any atom is -0.229 e. The molecule has 2 nitrogen and oxygen atoms in total. The van der Waals surface area contributed by atoms with Crippen molar-refractivity contribution in [2.45, 2.75) is 57.6 Å². The smallest absolute Gasteiger partial charge is 0.152 e. The van der Waals surface area contributed by atoms with Crippen LogP contribution >= 0.6 is 0 Å². The Bertz CT molecular complexity index is 495. The first-order valence-corrected chi connectivity index (χ1v) is 9.10. The van der Waals surface area contributed by atoms with Crippen LogP contribution in [0.25, 0.3) is 0 Å². The van der Waals surface area contributed by atoms with Gasteiger partial charge in [0.25, 0.3) is 0 Å². The molecule has 0 aromatic heterocycles. The fraction of sp³-hybridized carbons (Fsp3) is 0.625. The summed E-state index contributed by atoms with van der Waals surface area (Å²) in [6.45, 7) is 3.45. The molecule has 0 amide bonds. The van der Waals surface area contributed by atoms with Crippen LogP contribution in [0.1, 0.15) is 51.5 Å². The molecule has 1 rings (SSSR count). The molecule has 0 aliphatic rings. The molecule has 1 aromatic rings. The van der Waals surface area contributed by atoms with E-state index in [0.717, 1.165) is 44.1 Å². The summed E-state index contributed by atoms with van der Waals surface area (Å²) in [4.78, 5) is 0. The highest BCUT2D eigenvalue weighted by molar-refractivity contribution is 7.91. The Morgan fingerprint density at radius 2 is 1.60 bits per heavy atom. The van der Waals surface area contributed by atoms with Crippen LogP contribution in [0.5, 0.6) is 0 Å². The Morgan fingerprint density at radius 1 is 1.00 bits per heavy atom. The number of rotatable bonds is 9. The van der Waals surface area contributed by atoms with E-state index in [4.69, 9.17) is 0 Å². The molecule has 1 aromatic carbocycles. The van der Waals surface area contributed by atoms with Crippen molar-refractivity contribution in [3.05, 3.63) is 35.6 Å². The molecule has 0 N–H and O–H groups in total. The molecular weight excluding hydrogens is 275 g/mol. The van der Waals surface area contributed by atoms with Crippen LogP contribution in [0, 0.1) is 5.82 Å². The average molecular weight is 300 g/mol. The lowest BCUT2D eigenvalue weighted by Gasteiger charge is -2.07. The summed E-state index contributed by atoms with van der Waals surface area (Å²) in [5.74, 6) is 0.161. The van der Waals surface area contributed by atoms with Crippen molar-refractivity contribution in [3.63, 3.8) is 0 Å². The van der Waals surface area contributed by atoms with Gasteiger partial charge in [-0.3, -0.25) is 0 Å². The quantitative estimate of drug-likeness (QED) is 0.642. The number of benzene rings is 1. The largest absolute Gasteiger partial charge is 0.229 e. The molecule has 0 radical (unpaired) electrons. The van der Waals surface area contributed by atoms with E-state index in [9.17, 15) is 12.8 Å². The summed E-state index contributed by atoms with van der Waals surface area (Å²) in [7, 11) is -2.89. The van der Waals surface area contributed by atoms with Gasteiger partial charge in [0.05, 0.1) is 11.0 Å². The van der Waals surface area contributed by atoms with Crippen LogP contribution in [0.3, 0.4) is 0 Å². The van der Waals surface area contributed by atoms with Crippen LogP contribution in [0.4, 0.5) is 4.39 Å². The lowest BCUT2D eigenvalue weighted by molar-refractivity contribution is 0.572. The van der Waals surface area contributed by atoms with Crippen LogP contribution in [0.2, 0.25) is 0 Å². The molecule has 0 bridgehead atoms. The molecule has 0 saturated heterocycles. The van der Waals surface area contributed by atoms with Gasteiger partial charge in [-0.15, -0.1) is 0 Å². The van der Waals surface area contributed by atoms with Gasteiger partial charge < -0.3 is 0 Å². The van der Waals surface area contributed by atoms with Crippen molar-refractivity contribution in [1.82, 2.24) is 0 Å². The van der Waals surface area contributed by atoms with Gasteiger partial charge in [-0.1, -0.05) is 37.5 Å². The molecule has 0 spiro atoms. The van der Waals surface area contributed by atoms with Gasteiger partial charge in [-0.2, -0.15) is 0 Å². The number of unbranched alkanes of at least 4 members (excludes halogenated alkanes) is 4. The minimum absolute atomic E-state index is 0.129. The number of aryl methyl sites for hydroxylation is 1. The van der Waals surface area contributed by atoms with E-state index in [-0.39, 0.29) is 16.8 Å². The molecule has 0 aliphatic carbocycles. The molecule has 0 atom stereocenters. The molecule has 0 aliphatic heterocycles. The highest BCUT2D eigenvalue weighted by atomic mass is 32.2. The summed E-state index contributed by atoms with van der Waals surface area (Å²) in [6.07, 6.45) is 5.43. The van der Waals surface area contributed by atoms with Crippen molar-refractivity contribution in [3.8, 4) is 0 Å². The highest BCUT2D eigenvalue weighted by Crippen LogP contribution is 2.13. The Kier molecular flexibility index (Phi) is 7.20. The van der Waals surface area contributed by atoms with E-state index in [2.05, 4.69) is 0 Å². The molecule has 0 fully saturated rings. The standard InChI is InChI=1S/C16H25FO2S/c1-14(2)20(18,19)13-9-5-3-4-6-10-15-11-7-8-12-16(15)17/h7-8,11-12,14H,3-6,9-10,13H2,1-2H3. The van der Waals surface area contributed by atoms with Gasteiger partial charge in [-0.05, 0) is 44.7 Å². The maximum Gasteiger partial charge on any atom is 0.152 e. The first-order chi connectivity index (χ1) is 9.43. The van der Waals surface area contributed by atoms with E-state index in [1.54, 1.807) is 19.9 Å².